The molecule has 0 fully saturated rings. The van der Waals surface area contributed by atoms with Gasteiger partial charge < -0.3 is 5.32 Å². The van der Waals surface area contributed by atoms with Gasteiger partial charge in [0.05, 0.1) is 5.02 Å². The molecule has 0 spiro atoms. The molecule has 0 aromatic heterocycles. The van der Waals surface area contributed by atoms with Crippen molar-refractivity contribution in [2.24, 2.45) is 0 Å². The molecule has 1 nitrogen and oxygen atoms in total. The molecule has 1 aliphatic rings. The van der Waals surface area contributed by atoms with E-state index in [1.807, 2.05) is 18.2 Å². The lowest BCUT2D eigenvalue weighted by Gasteiger charge is -2.19. The summed E-state index contributed by atoms with van der Waals surface area (Å²) in [5, 5.41) is 4.21. The van der Waals surface area contributed by atoms with Gasteiger partial charge in [0.15, 0.2) is 0 Å². The first-order valence-electron chi connectivity index (χ1n) is 5.14. The molecule has 1 aromatic carbocycles. The fraction of sp³-hybridized carbons (Fsp3) is 0.333. The molecule has 0 saturated carbocycles. The molecule has 0 bridgehead atoms. The van der Waals surface area contributed by atoms with Gasteiger partial charge in [-0.1, -0.05) is 23.8 Å². The molecule has 1 aliphatic carbocycles. The van der Waals surface area contributed by atoms with Gasteiger partial charge in [-0.3, -0.25) is 0 Å². The molecule has 0 heterocycles. The first-order chi connectivity index (χ1) is 7.25. The number of nitrogens with one attached hydrogen (secondary N) is 1. The standard InChI is InChI=1S/C12H13BrClN/c13-11-7-6-10(8-12(11)14)15-9-4-2-1-3-5-9/h2,4,6-9,15H,1,3,5H2. The summed E-state index contributed by atoms with van der Waals surface area (Å²) >= 11 is 9.41. The van der Waals surface area contributed by atoms with Crippen molar-refractivity contribution in [1.82, 2.24) is 0 Å². The smallest absolute Gasteiger partial charge is 0.0568 e. The Bertz CT molecular complexity index is 376. The molecule has 80 valence electrons. The number of allylic oxidation sites excluding steroid dienone is 1. The predicted molar refractivity (Wildman–Crippen MR) is 69.6 cm³/mol. The summed E-state index contributed by atoms with van der Waals surface area (Å²) in [6, 6.07) is 6.42. The molecular weight excluding hydrogens is 273 g/mol. The summed E-state index contributed by atoms with van der Waals surface area (Å²) in [6.45, 7) is 0. The van der Waals surface area contributed by atoms with Crippen LogP contribution in [0.5, 0.6) is 0 Å². The molecule has 1 aromatic rings. The van der Waals surface area contributed by atoms with Crippen LogP contribution in [-0.4, -0.2) is 6.04 Å². The minimum atomic E-state index is 0.455. The van der Waals surface area contributed by atoms with Gasteiger partial charge >= 0.3 is 0 Å². The molecule has 0 amide bonds. The Kier molecular flexibility index (Phi) is 3.71. The minimum absolute atomic E-state index is 0.455. The fourth-order valence-electron chi connectivity index (χ4n) is 1.73. The number of benzene rings is 1. The third-order valence-corrected chi connectivity index (χ3v) is 3.76. The Morgan fingerprint density at radius 2 is 2.27 bits per heavy atom. The van der Waals surface area contributed by atoms with Gasteiger partial charge in [-0.05, 0) is 53.4 Å². The maximum atomic E-state index is 6.03. The number of hydrogen-bond acceptors (Lipinski definition) is 1. The molecule has 0 saturated heterocycles. The first kappa shape index (κ1) is 11.0. The Balaban J connectivity index is 2.07. The zero-order valence-corrected chi connectivity index (χ0v) is 10.7. The van der Waals surface area contributed by atoms with Crippen LogP contribution in [0.2, 0.25) is 5.02 Å². The summed E-state index contributed by atoms with van der Waals surface area (Å²) in [5.41, 5.74) is 1.08. The molecule has 15 heavy (non-hydrogen) atoms. The zero-order valence-electron chi connectivity index (χ0n) is 8.34. The third-order valence-electron chi connectivity index (χ3n) is 2.53. The number of hydrogen-bond donors (Lipinski definition) is 1. The summed E-state index contributed by atoms with van der Waals surface area (Å²) in [6.07, 6.45) is 8.14. The van der Waals surface area contributed by atoms with E-state index in [1.165, 1.54) is 19.3 Å². The van der Waals surface area contributed by atoms with Crippen LogP contribution in [0, 0.1) is 0 Å². The lowest BCUT2D eigenvalue weighted by molar-refractivity contribution is 0.674. The van der Waals surface area contributed by atoms with Crippen LogP contribution in [0.3, 0.4) is 0 Å². The Morgan fingerprint density at radius 3 is 2.93 bits per heavy atom. The molecule has 1 unspecified atom stereocenters. The van der Waals surface area contributed by atoms with Crippen LogP contribution in [-0.2, 0) is 0 Å². The Morgan fingerprint density at radius 1 is 1.40 bits per heavy atom. The minimum Gasteiger partial charge on any atom is -0.379 e. The maximum Gasteiger partial charge on any atom is 0.0568 e. The van der Waals surface area contributed by atoms with Crippen molar-refractivity contribution in [3.63, 3.8) is 0 Å². The van der Waals surface area contributed by atoms with Crippen LogP contribution in [0.4, 0.5) is 5.69 Å². The average molecular weight is 287 g/mol. The quantitative estimate of drug-likeness (QED) is 0.782. The number of rotatable bonds is 2. The second kappa shape index (κ2) is 5.04. The summed E-state index contributed by atoms with van der Waals surface area (Å²) in [4.78, 5) is 0. The van der Waals surface area contributed by atoms with Gasteiger partial charge in [0, 0.05) is 16.2 Å². The molecule has 0 aliphatic heterocycles. The van der Waals surface area contributed by atoms with Gasteiger partial charge in [-0.2, -0.15) is 0 Å². The normalized spacial score (nSPS) is 20.3. The van der Waals surface area contributed by atoms with Crippen molar-refractivity contribution in [1.29, 1.82) is 0 Å². The van der Waals surface area contributed by atoms with Crippen LogP contribution >= 0.6 is 27.5 Å². The van der Waals surface area contributed by atoms with E-state index >= 15 is 0 Å². The van der Waals surface area contributed by atoms with Crippen LogP contribution < -0.4 is 5.32 Å². The van der Waals surface area contributed by atoms with E-state index in [0.717, 1.165) is 15.2 Å². The van der Waals surface area contributed by atoms with Gasteiger partial charge in [0.2, 0.25) is 0 Å². The first-order valence-corrected chi connectivity index (χ1v) is 6.31. The lowest BCUT2D eigenvalue weighted by atomic mass is 10.0. The summed E-state index contributed by atoms with van der Waals surface area (Å²) in [7, 11) is 0. The van der Waals surface area contributed by atoms with E-state index in [0.29, 0.717) is 6.04 Å². The molecule has 0 radical (unpaired) electrons. The van der Waals surface area contributed by atoms with E-state index in [1.54, 1.807) is 0 Å². The number of anilines is 1. The van der Waals surface area contributed by atoms with Crippen molar-refractivity contribution >= 4 is 33.2 Å². The lowest BCUT2D eigenvalue weighted by Crippen LogP contribution is -2.18. The van der Waals surface area contributed by atoms with Gasteiger partial charge in [0.1, 0.15) is 0 Å². The van der Waals surface area contributed by atoms with Gasteiger partial charge in [-0.25, -0.2) is 0 Å². The van der Waals surface area contributed by atoms with Crippen LogP contribution in [0.1, 0.15) is 19.3 Å². The molecule has 3 heteroatoms. The second-order valence-electron chi connectivity index (χ2n) is 3.74. The van der Waals surface area contributed by atoms with E-state index in [9.17, 15) is 0 Å². The highest BCUT2D eigenvalue weighted by atomic mass is 79.9. The van der Waals surface area contributed by atoms with Crippen molar-refractivity contribution in [3.8, 4) is 0 Å². The third kappa shape index (κ3) is 2.99. The second-order valence-corrected chi connectivity index (χ2v) is 5.00. The van der Waals surface area contributed by atoms with Crippen molar-refractivity contribution < 1.29 is 0 Å². The molecular formula is C12H13BrClN. The van der Waals surface area contributed by atoms with E-state index in [4.69, 9.17) is 11.6 Å². The monoisotopic (exact) mass is 285 g/mol. The van der Waals surface area contributed by atoms with Gasteiger partial charge in [0.25, 0.3) is 0 Å². The average Bonchev–Trinajstić information content (AvgIpc) is 2.25. The van der Waals surface area contributed by atoms with E-state index in [2.05, 4.69) is 33.4 Å². The zero-order chi connectivity index (χ0) is 10.7. The highest BCUT2D eigenvalue weighted by molar-refractivity contribution is 9.10. The van der Waals surface area contributed by atoms with Gasteiger partial charge in [-0.15, -0.1) is 0 Å². The van der Waals surface area contributed by atoms with Crippen LogP contribution in [0.25, 0.3) is 0 Å². The summed E-state index contributed by atoms with van der Waals surface area (Å²) in [5.74, 6) is 0. The molecule has 2 rings (SSSR count). The van der Waals surface area contributed by atoms with Crippen molar-refractivity contribution in [2.75, 3.05) is 5.32 Å². The highest BCUT2D eigenvalue weighted by Gasteiger charge is 2.08. The Labute approximate surface area is 104 Å². The molecule has 1 atom stereocenters. The fourth-order valence-corrected chi connectivity index (χ4v) is 2.16. The van der Waals surface area contributed by atoms with E-state index in [-0.39, 0.29) is 0 Å². The largest absolute Gasteiger partial charge is 0.379 e. The van der Waals surface area contributed by atoms with Crippen molar-refractivity contribution in [2.45, 2.75) is 25.3 Å². The molecule has 1 N–H and O–H groups in total. The topological polar surface area (TPSA) is 12.0 Å². The van der Waals surface area contributed by atoms with E-state index < -0.39 is 0 Å². The summed E-state index contributed by atoms with van der Waals surface area (Å²) < 4.78 is 0.939. The maximum absolute atomic E-state index is 6.03. The Hall–Kier alpha value is -0.470. The predicted octanol–water partition coefficient (Wildman–Crippen LogP) is 4.62. The van der Waals surface area contributed by atoms with Crippen molar-refractivity contribution in [3.05, 3.63) is 39.8 Å². The number of halogens is 2. The SMILES string of the molecule is Clc1cc(NC2C=CCCC2)ccc1Br. The van der Waals surface area contributed by atoms with Crippen LogP contribution in [0.15, 0.2) is 34.8 Å². The highest BCUT2D eigenvalue weighted by Crippen LogP contribution is 2.26.